The molecule has 0 saturated heterocycles. The van der Waals surface area contributed by atoms with Gasteiger partial charge in [0.2, 0.25) is 11.1 Å². The molecule has 5 rings (SSSR count). The van der Waals surface area contributed by atoms with Crippen LogP contribution < -0.4 is 5.32 Å². The predicted molar refractivity (Wildman–Crippen MR) is 126 cm³/mol. The lowest BCUT2D eigenvalue weighted by atomic mass is 10.2. The Morgan fingerprint density at radius 3 is 2.77 bits per heavy atom. The van der Waals surface area contributed by atoms with Crippen LogP contribution in [0, 0.1) is 0 Å². The van der Waals surface area contributed by atoms with Gasteiger partial charge in [0.25, 0.3) is 0 Å². The van der Waals surface area contributed by atoms with Gasteiger partial charge in [-0.15, -0.1) is 21.5 Å². The summed E-state index contributed by atoms with van der Waals surface area (Å²) in [4.78, 5) is 21.4. The van der Waals surface area contributed by atoms with E-state index in [2.05, 4.69) is 25.5 Å². The second-order valence-electron chi connectivity index (χ2n) is 6.72. The Balaban J connectivity index is 1.26. The van der Waals surface area contributed by atoms with Crippen LogP contribution in [0.3, 0.4) is 0 Å². The zero-order valence-corrected chi connectivity index (χ0v) is 18.6. The Labute approximate surface area is 190 Å². The van der Waals surface area contributed by atoms with Gasteiger partial charge < -0.3 is 9.88 Å². The average Bonchev–Trinajstić information content (AvgIpc) is 3.36. The van der Waals surface area contributed by atoms with Crippen molar-refractivity contribution in [1.82, 2.24) is 24.7 Å². The number of nitrogens with one attached hydrogen (secondary N) is 1. The Morgan fingerprint density at radius 2 is 1.94 bits per heavy atom. The first kappa shape index (κ1) is 19.9. The maximum atomic E-state index is 12.4. The molecule has 0 radical (unpaired) electrons. The number of aryl methyl sites for hydroxylation is 1. The van der Waals surface area contributed by atoms with Crippen LogP contribution >= 0.6 is 34.7 Å². The fourth-order valence-corrected chi connectivity index (χ4v) is 4.67. The SMILES string of the molecule is Cn1c2ccccc2c2nnc(SCC(=O)Nc3nc(-c4ccc(Cl)cc4)cs3)nc21. The molecule has 0 unspecified atom stereocenters. The minimum atomic E-state index is -0.178. The molecule has 31 heavy (non-hydrogen) atoms. The van der Waals surface area contributed by atoms with Crippen LogP contribution in [0.2, 0.25) is 5.02 Å². The third-order valence-corrected chi connectivity index (χ3v) is 6.56. The van der Waals surface area contributed by atoms with E-state index in [-0.39, 0.29) is 11.7 Å². The zero-order chi connectivity index (χ0) is 21.4. The van der Waals surface area contributed by atoms with Gasteiger partial charge in [-0.2, -0.15) is 0 Å². The normalized spacial score (nSPS) is 11.3. The van der Waals surface area contributed by atoms with Crippen molar-refractivity contribution in [3.05, 3.63) is 58.9 Å². The van der Waals surface area contributed by atoms with Gasteiger partial charge in [0.15, 0.2) is 10.8 Å². The van der Waals surface area contributed by atoms with Crippen molar-refractivity contribution in [2.75, 3.05) is 11.1 Å². The summed E-state index contributed by atoms with van der Waals surface area (Å²) < 4.78 is 1.98. The van der Waals surface area contributed by atoms with E-state index in [9.17, 15) is 4.79 Å². The number of fused-ring (bicyclic) bond motifs is 3. The first-order valence-corrected chi connectivity index (χ1v) is 11.5. The highest BCUT2D eigenvalue weighted by Gasteiger charge is 2.14. The third-order valence-electron chi connectivity index (χ3n) is 4.71. The number of benzene rings is 2. The number of carbonyl (C=O) groups is 1. The molecule has 0 aliphatic heterocycles. The molecule has 1 amide bonds. The molecule has 10 heteroatoms. The van der Waals surface area contributed by atoms with Gasteiger partial charge in [-0.25, -0.2) is 9.97 Å². The number of para-hydroxylation sites is 1. The number of aromatic nitrogens is 5. The summed E-state index contributed by atoms with van der Waals surface area (Å²) in [5.41, 5.74) is 4.27. The van der Waals surface area contributed by atoms with E-state index in [0.29, 0.717) is 15.3 Å². The summed E-state index contributed by atoms with van der Waals surface area (Å²) in [5.74, 6) is -0.0183. The molecule has 154 valence electrons. The molecular weight excluding hydrogens is 452 g/mol. The molecule has 2 aromatic carbocycles. The summed E-state index contributed by atoms with van der Waals surface area (Å²) in [6.45, 7) is 0. The average molecular weight is 467 g/mol. The number of anilines is 1. The highest BCUT2D eigenvalue weighted by Crippen LogP contribution is 2.27. The first-order chi connectivity index (χ1) is 15.1. The van der Waals surface area contributed by atoms with E-state index in [4.69, 9.17) is 11.6 Å². The lowest BCUT2D eigenvalue weighted by Gasteiger charge is -2.02. The lowest BCUT2D eigenvalue weighted by molar-refractivity contribution is -0.113. The smallest absolute Gasteiger partial charge is 0.236 e. The van der Waals surface area contributed by atoms with Crippen molar-refractivity contribution in [2.45, 2.75) is 5.16 Å². The molecule has 0 atom stereocenters. The molecule has 1 N–H and O–H groups in total. The number of hydrogen-bond acceptors (Lipinski definition) is 7. The van der Waals surface area contributed by atoms with Gasteiger partial charge in [-0.1, -0.05) is 53.7 Å². The topological polar surface area (TPSA) is 85.6 Å². The van der Waals surface area contributed by atoms with Crippen molar-refractivity contribution in [2.24, 2.45) is 7.05 Å². The summed E-state index contributed by atoms with van der Waals surface area (Å²) in [7, 11) is 1.95. The molecule has 3 heterocycles. The second kappa shape index (κ2) is 8.26. The van der Waals surface area contributed by atoms with E-state index < -0.39 is 0 Å². The second-order valence-corrected chi connectivity index (χ2v) is 8.96. The quantitative estimate of drug-likeness (QED) is 0.366. The van der Waals surface area contributed by atoms with Crippen LogP contribution in [0.4, 0.5) is 5.13 Å². The van der Waals surface area contributed by atoms with Crippen LogP contribution in [0.1, 0.15) is 0 Å². The molecule has 3 aromatic heterocycles. The van der Waals surface area contributed by atoms with E-state index in [1.807, 2.05) is 65.5 Å². The number of rotatable bonds is 5. The minimum Gasteiger partial charge on any atom is -0.327 e. The van der Waals surface area contributed by atoms with Gasteiger partial charge in [-0.05, 0) is 18.2 Å². The first-order valence-electron chi connectivity index (χ1n) is 9.30. The zero-order valence-electron chi connectivity index (χ0n) is 16.2. The fourth-order valence-electron chi connectivity index (χ4n) is 3.22. The summed E-state index contributed by atoms with van der Waals surface area (Å²) in [6, 6.07) is 15.4. The predicted octanol–water partition coefficient (Wildman–Crippen LogP) is 5.02. The van der Waals surface area contributed by atoms with Crippen molar-refractivity contribution < 1.29 is 4.79 Å². The Kier molecular flexibility index (Phi) is 5.31. The number of hydrogen-bond donors (Lipinski definition) is 1. The standard InChI is InChI=1S/C21H15ClN6OS2/c1-28-16-5-3-2-4-14(16)18-19(28)25-21(27-26-18)31-11-17(29)24-20-23-15(10-30-20)12-6-8-13(22)9-7-12/h2-10H,11H2,1H3,(H,23,24,29). The number of carbonyl (C=O) groups excluding carboxylic acids is 1. The molecular formula is C21H15ClN6OS2. The van der Waals surface area contributed by atoms with Crippen molar-refractivity contribution in [3.8, 4) is 11.3 Å². The van der Waals surface area contributed by atoms with Crippen LogP contribution in [-0.4, -0.2) is 36.4 Å². The van der Waals surface area contributed by atoms with Crippen LogP contribution in [-0.2, 0) is 11.8 Å². The number of amides is 1. The maximum Gasteiger partial charge on any atom is 0.236 e. The van der Waals surface area contributed by atoms with E-state index in [0.717, 1.165) is 33.3 Å². The molecule has 0 bridgehead atoms. The Hall–Kier alpha value is -3.01. The van der Waals surface area contributed by atoms with Gasteiger partial charge in [0.1, 0.15) is 5.52 Å². The summed E-state index contributed by atoms with van der Waals surface area (Å²) >= 11 is 8.54. The maximum absolute atomic E-state index is 12.4. The molecule has 0 aliphatic carbocycles. The van der Waals surface area contributed by atoms with Crippen LogP contribution in [0.25, 0.3) is 33.3 Å². The molecule has 0 fully saturated rings. The van der Waals surface area contributed by atoms with Crippen molar-refractivity contribution in [1.29, 1.82) is 0 Å². The minimum absolute atomic E-state index is 0.160. The van der Waals surface area contributed by atoms with Crippen LogP contribution in [0.5, 0.6) is 0 Å². The number of thiazole rings is 1. The van der Waals surface area contributed by atoms with Gasteiger partial charge >= 0.3 is 0 Å². The number of thioether (sulfide) groups is 1. The Morgan fingerprint density at radius 1 is 1.13 bits per heavy atom. The summed E-state index contributed by atoms with van der Waals surface area (Å²) in [5, 5.41) is 15.9. The monoisotopic (exact) mass is 466 g/mol. The highest BCUT2D eigenvalue weighted by molar-refractivity contribution is 7.99. The largest absolute Gasteiger partial charge is 0.327 e. The molecule has 0 saturated carbocycles. The molecule has 0 spiro atoms. The lowest BCUT2D eigenvalue weighted by Crippen LogP contribution is -2.14. The van der Waals surface area contributed by atoms with E-state index >= 15 is 0 Å². The molecule has 7 nitrogen and oxygen atoms in total. The highest BCUT2D eigenvalue weighted by atomic mass is 35.5. The van der Waals surface area contributed by atoms with Gasteiger partial charge in [-0.3, -0.25) is 4.79 Å². The molecule has 0 aliphatic rings. The Bertz CT molecular complexity index is 1410. The van der Waals surface area contributed by atoms with Gasteiger partial charge in [0.05, 0.1) is 17.0 Å². The van der Waals surface area contributed by atoms with Crippen LogP contribution in [0.15, 0.2) is 59.1 Å². The van der Waals surface area contributed by atoms with E-state index in [1.165, 1.54) is 23.1 Å². The number of halogens is 1. The van der Waals surface area contributed by atoms with Crippen molar-refractivity contribution in [3.63, 3.8) is 0 Å². The fraction of sp³-hybridized carbons (Fsp3) is 0.0952. The summed E-state index contributed by atoms with van der Waals surface area (Å²) in [6.07, 6.45) is 0. The van der Waals surface area contributed by atoms with Crippen molar-refractivity contribution >= 4 is 67.8 Å². The van der Waals surface area contributed by atoms with E-state index in [1.54, 1.807) is 0 Å². The van der Waals surface area contributed by atoms with Gasteiger partial charge in [0, 0.05) is 28.4 Å². The third kappa shape index (κ3) is 3.99. The number of nitrogens with zero attached hydrogens (tertiary/aromatic N) is 5. The molecule has 5 aromatic rings.